The van der Waals surface area contributed by atoms with Crippen molar-refractivity contribution in [2.24, 2.45) is 22.6 Å². The number of alkyl halides is 6. The van der Waals surface area contributed by atoms with Gasteiger partial charge in [-0.15, -0.1) is 0 Å². The summed E-state index contributed by atoms with van der Waals surface area (Å²) >= 11 is 0. The number of phosphoric acid groups is 1. The number of aryl methyl sites for hydroxylation is 2. The highest BCUT2D eigenvalue weighted by Gasteiger charge is 2.42. The number of anilines is 1. The molecule has 0 aromatic heterocycles. The number of halogens is 6. The van der Waals surface area contributed by atoms with Crippen molar-refractivity contribution < 1.29 is 69.1 Å². The minimum absolute atomic E-state index is 0.0950. The van der Waals surface area contributed by atoms with Gasteiger partial charge in [0.15, 0.2) is 6.73 Å². The van der Waals surface area contributed by atoms with Crippen LogP contribution in [0.25, 0.3) is 0 Å². The number of hydrogen-bond donors (Lipinski definition) is 4. The van der Waals surface area contributed by atoms with Crippen LogP contribution in [0.3, 0.4) is 0 Å². The fourth-order valence-corrected chi connectivity index (χ4v) is 7.45. The van der Waals surface area contributed by atoms with E-state index in [2.05, 4.69) is 10.3 Å². The summed E-state index contributed by atoms with van der Waals surface area (Å²) in [5.74, 6) is -9.08. The Hall–Kier alpha value is -5.26. The molecule has 0 fully saturated rings. The summed E-state index contributed by atoms with van der Waals surface area (Å²) in [6.07, 6.45) is -17.7. The number of nitrogens with one attached hydrogen (secondary N) is 1. The van der Waals surface area contributed by atoms with Crippen molar-refractivity contribution >= 4 is 42.9 Å². The predicted octanol–water partition coefficient (Wildman–Crippen LogP) is 6.67. The lowest BCUT2D eigenvalue weighted by Gasteiger charge is -2.30. The fourth-order valence-electron chi connectivity index (χ4n) is 7.05. The van der Waals surface area contributed by atoms with Crippen LogP contribution < -0.4 is 20.5 Å². The van der Waals surface area contributed by atoms with Gasteiger partial charge < -0.3 is 20.3 Å². The zero-order valence-electron chi connectivity index (χ0n) is 32.3. The van der Waals surface area contributed by atoms with Crippen LogP contribution in [-0.4, -0.2) is 64.4 Å². The van der Waals surface area contributed by atoms with Gasteiger partial charge in [-0.25, -0.2) is 9.56 Å². The van der Waals surface area contributed by atoms with Gasteiger partial charge in [-0.1, -0.05) is 68.4 Å². The highest BCUT2D eigenvalue weighted by molar-refractivity contribution is 7.46. The maximum atomic E-state index is 14.4. The quantitative estimate of drug-likeness (QED) is 0.0691. The number of aliphatic imine (C=N–C) groups is 1. The van der Waals surface area contributed by atoms with E-state index in [1.54, 1.807) is 82.3 Å². The van der Waals surface area contributed by atoms with E-state index >= 15 is 0 Å². The Morgan fingerprint density at radius 1 is 0.915 bits per heavy atom. The molecule has 20 heteroatoms. The van der Waals surface area contributed by atoms with E-state index in [1.165, 1.54) is 12.1 Å². The number of rotatable bonds is 16. The topological polar surface area (TPSA) is 198 Å². The number of benzene rings is 3. The Balaban J connectivity index is 1.72. The number of ether oxygens (including phenoxy) is 1. The highest BCUT2D eigenvalue weighted by Crippen LogP contribution is 2.45. The number of carbonyl (C=O) groups excluding carboxylic acids is 4. The van der Waals surface area contributed by atoms with E-state index in [1.807, 2.05) is 0 Å². The number of amides is 3. The van der Waals surface area contributed by atoms with E-state index in [0.29, 0.717) is 16.7 Å². The summed E-state index contributed by atoms with van der Waals surface area (Å²) in [5, 5.41) is 2.23. The Kier molecular flexibility index (Phi) is 14.4. The molecule has 0 unspecified atom stereocenters. The molecule has 320 valence electrons. The number of benzodiazepines with no additional fused rings is 1. The number of fused-ring (bicyclic) bond motifs is 1. The molecule has 0 saturated heterocycles. The summed E-state index contributed by atoms with van der Waals surface area (Å²) < 4.78 is 102. The van der Waals surface area contributed by atoms with Crippen LogP contribution in [0.2, 0.25) is 0 Å². The molecule has 13 nitrogen and oxygen atoms in total. The van der Waals surface area contributed by atoms with Crippen LogP contribution in [0, 0.1) is 25.7 Å². The fraction of sp³-hybridized carbons (Fsp3) is 0.410. The summed E-state index contributed by atoms with van der Waals surface area (Å²) in [7, 11) is -5.03. The first-order valence-electron chi connectivity index (χ1n) is 18.1. The third-order valence-electron chi connectivity index (χ3n) is 9.48. The van der Waals surface area contributed by atoms with Crippen molar-refractivity contribution in [3.8, 4) is 5.75 Å². The second-order valence-corrected chi connectivity index (χ2v) is 15.9. The van der Waals surface area contributed by atoms with Crippen molar-refractivity contribution in [1.82, 2.24) is 5.32 Å². The third-order valence-corrected chi connectivity index (χ3v) is 9.91. The van der Waals surface area contributed by atoms with Gasteiger partial charge in [0.2, 0.25) is 18.0 Å². The van der Waals surface area contributed by atoms with E-state index in [0.717, 1.165) is 4.90 Å². The lowest BCUT2D eigenvalue weighted by atomic mass is 9.78. The minimum atomic E-state index is -5.03. The first-order valence-corrected chi connectivity index (χ1v) is 19.6. The van der Waals surface area contributed by atoms with Gasteiger partial charge in [0.25, 0.3) is 5.91 Å². The van der Waals surface area contributed by atoms with Crippen LogP contribution in [-0.2, 0) is 33.9 Å². The monoisotopic (exact) mass is 856 g/mol. The number of nitrogens with two attached hydrogens (primary N) is 1. The molecule has 0 saturated carbocycles. The number of hydrogen-bond acceptors (Lipinski definition) is 8. The summed E-state index contributed by atoms with van der Waals surface area (Å²) in [6.45, 7) is 5.71. The summed E-state index contributed by atoms with van der Waals surface area (Å²) in [5.41, 5.74) is 6.50. The molecule has 3 atom stereocenters. The minimum Gasteiger partial charge on any atom is -0.444 e. The molecule has 0 radical (unpaired) electrons. The summed E-state index contributed by atoms with van der Waals surface area (Å²) in [6, 6.07) is 17.5. The number of carbonyl (C=O) groups is 4. The Morgan fingerprint density at radius 3 is 2.07 bits per heavy atom. The van der Waals surface area contributed by atoms with Crippen LogP contribution in [0.15, 0.2) is 71.7 Å². The number of para-hydroxylation sites is 1. The van der Waals surface area contributed by atoms with E-state index in [4.69, 9.17) is 15.0 Å². The van der Waals surface area contributed by atoms with Gasteiger partial charge in [-0.3, -0.25) is 33.9 Å². The molecule has 4 rings (SSSR count). The molecule has 1 aliphatic rings. The van der Waals surface area contributed by atoms with E-state index < -0.39 is 106 Å². The van der Waals surface area contributed by atoms with Crippen LogP contribution in [0.5, 0.6) is 5.75 Å². The normalized spacial score (nSPS) is 16.0. The predicted molar refractivity (Wildman–Crippen MR) is 202 cm³/mol. The largest absolute Gasteiger partial charge is 0.524 e. The van der Waals surface area contributed by atoms with Gasteiger partial charge in [-0.2, -0.15) is 26.3 Å². The Morgan fingerprint density at radius 2 is 1.49 bits per heavy atom. The molecule has 59 heavy (non-hydrogen) atoms. The van der Waals surface area contributed by atoms with E-state index in [9.17, 15) is 59.9 Å². The number of esters is 1. The van der Waals surface area contributed by atoms with Gasteiger partial charge in [0, 0.05) is 46.8 Å². The third kappa shape index (κ3) is 12.9. The molecular weight excluding hydrogens is 813 g/mol. The molecule has 0 aliphatic carbocycles. The standard InChI is InChI=1S/C39H43F6N4O9P/c1-22-18-23(2)31(29(19-22)58-59(54,55)56)37(3,4)20-30(50)57-21-49-28-13-9-8-12-27(28)32(24-10-6-5-7-11-24)47-34(36(49)53)48-35(52)26(15-17-39(43,44)45)25(33(46)51)14-16-38(40,41)42/h5-13,18-19,25-26,34H,14-17,20-21H2,1-4H3,(H2,46,51)(H,48,52)(H2,54,55,56)/t25-,26+,34+/m0/s1. The second kappa shape index (κ2) is 18.3. The van der Waals surface area contributed by atoms with Crippen molar-refractivity contribution in [3.05, 3.63) is 94.5 Å². The van der Waals surface area contributed by atoms with Gasteiger partial charge in [-0.05, 0) is 49.9 Å². The van der Waals surface area contributed by atoms with Gasteiger partial charge >= 0.3 is 26.1 Å². The maximum absolute atomic E-state index is 14.4. The lowest BCUT2D eigenvalue weighted by Crippen LogP contribution is -2.51. The first-order chi connectivity index (χ1) is 27.3. The Labute approximate surface area is 335 Å². The van der Waals surface area contributed by atoms with Gasteiger partial charge in [0.05, 0.1) is 17.8 Å². The molecule has 5 N–H and O–H groups in total. The summed E-state index contributed by atoms with van der Waals surface area (Å²) in [4.78, 5) is 78.7. The molecule has 0 bridgehead atoms. The lowest BCUT2D eigenvalue weighted by molar-refractivity contribution is -0.152. The van der Waals surface area contributed by atoms with Crippen LogP contribution >= 0.6 is 7.82 Å². The molecular formula is C39H43F6N4O9P. The average Bonchev–Trinajstić information content (AvgIpc) is 3.20. The van der Waals surface area contributed by atoms with Crippen molar-refractivity contribution in [3.63, 3.8) is 0 Å². The van der Waals surface area contributed by atoms with E-state index in [-0.39, 0.29) is 28.3 Å². The Bertz CT molecular complexity index is 2120. The van der Waals surface area contributed by atoms with Crippen LogP contribution in [0.1, 0.15) is 73.8 Å². The number of nitrogens with zero attached hydrogens (tertiary/aromatic N) is 2. The molecule has 3 aromatic rings. The smallest absolute Gasteiger partial charge is 0.444 e. The molecule has 3 amide bonds. The number of primary amides is 1. The zero-order valence-corrected chi connectivity index (χ0v) is 33.2. The van der Waals surface area contributed by atoms with Crippen molar-refractivity contribution in [2.45, 2.75) is 83.7 Å². The zero-order chi connectivity index (χ0) is 44.1. The van der Waals surface area contributed by atoms with Crippen molar-refractivity contribution in [1.29, 1.82) is 0 Å². The molecule has 0 spiro atoms. The SMILES string of the molecule is Cc1cc(C)c(C(C)(C)CC(=O)OCN2C(=O)[C@@H](NC(=O)[C@H](CCC(F)(F)F)[C@H](CCC(F)(F)F)C(N)=O)N=C(c3ccccc3)c3ccccc32)c(OP(=O)(O)O)c1. The molecule has 3 aromatic carbocycles. The molecule has 1 aliphatic heterocycles. The maximum Gasteiger partial charge on any atom is 0.524 e. The highest BCUT2D eigenvalue weighted by atomic mass is 31.2. The average molecular weight is 857 g/mol. The van der Waals surface area contributed by atoms with Gasteiger partial charge in [0.1, 0.15) is 5.75 Å². The van der Waals surface area contributed by atoms with Crippen LogP contribution in [0.4, 0.5) is 32.0 Å². The second-order valence-electron chi connectivity index (χ2n) is 14.7. The first kappa shape index (κ1) is 46.4. The molecule has 1 heterocycles. The van der Waals surface area contributed by atoms with Crippen molar-refractivity contribution in [2.75, 3.05) is 11.6 Å². The number of phosphoric ester groups is 1.